The maximum Gasteiger partial charge on any atom is 0.171 e. The third-order valence-electron chi connectivity index (χ3n) is 4.95. The quantitative estimate of drug-likeness (QED) is 0.642. The number of rotatable bonds is 5. The molecule has 0 atom stereocenters. The standard InChI is InChI=1S/C20H25FN6S/c1-12-18(14(3)26(5)24-12)10-22-20(28)23-19-13(2)25-27(15(19)4)11-16-6-8-17(21)9-7-16/h6-9H,10-11H2,1-5H3,(H2,22,23,28). The van der Waals surface area contributed by atoms with Crippen molar-refractivity contribution in [1.29, 1.82) is 0 Å². The van der Waals surface area contributed by atoms with E-state index in [1.54, 1.807) is 12.1 Å². The first-order valence-electron chi connectivity index (χ1n) is 9.08. The average Bonchev–Trinajstić information content (AvgIpc) is 3.04. The van der Waals surface area contributed by atoms with E-state index in [0.29, 0.717) is 18.2 Å². The van der Waals surface area contributed by atoms with Crippen molar-refractivity contribution in [2.45, 2.75) is 40.8 Å². The molecule has 0 spiro atoms. The number of nitrogens with one attached hydrogen (secondary N) is 2. The predicted octanol–water partition coefficient (Wildman–Crippen LogP) is 3.52. The molecule has 0 aliphatic carbocycles. The summed E-state index contributed by atoms with van der Waals surface area (Å²) in [4.78, 5) is 0. The molecule has 148 valence electrons. The van der Waals surface area contributed by atoms with Gasteiger partial charge in [0.2, 0.25) is 0 Å². The zero-order chi connectivity index (χ0) is 20.4. The van der Waals surface area contributed by atoms with Crippen LogP contribution in [0.25, 0.3) is 0 Å². The fraction of sp³-hybridized carbons (Fsp3) is 0.350. The largest absolute Gasteiger partial charge is 0.358 e. The van der Waals surface area contributed by atoms with Crippen molar-refractivity contribution in [3.05, 3.63) is 64.0 Å². The first-order valence-corrected chi connectivity index (χ1v) is 9.49. The Kier molecular flexibility index (Phi) is 5.79. The third-order valence-corrected chi connectivity index (χ3v) is 5.20. The normalized spacial score (nSPS) is 10.9. The molecular formula is C20H25FN6S. The lowest BCUT2D eigenvalue weighted by Gasteiger charge is -2.12. The van der Waals surface area contributed by atoms with Crippen molar-refractivity contribution < 1.29 is 4.39 Å². The number of benzene rings is 1. The van der Waals surface area contributed by atoms with Crippen molar-refractivity contribution in [3.8, 4) is 0 Å². The van der Waals surface area contributed by atoms with E-state index in [1.165, 1.54) is 12.1 Å². The van der Waals surface area contributed by atoms with E-state index >= 15 is 0 Å². The number of aryl methyl sites for hydroxylation is 3. The van der Waals surface area contributed by atoms with E-state index in [9.17, 15) is 4.39 Å². The van der Waals surface area contributed by atoms with Crippen molar-refractivity contribution in [3.63, 3.8) is 0 Å². The highest BCUT2D eigenvalue weighted by Crippen LogP contribution is 2.21. The Bertz CT molecular complexity index is 1000. The molecule has 0 unspecified atom stereocenters. The van der Waals surface area contributed by atoms with Crippen LogP contribution in [0.4, 0.5) is 10.1 Å². The van der Waals surface area contributed by atoms with Gasteiger partial charge >= 0.3 is 0 Å². The number of thiocarbonyl (C=S) groups is 1. The van der Waals surface area contributed by atoms with E-state index < -0.39 is 0 Å². The van der Waals surface area contributed by atoms with Crippen LogP contribution in [0.5, 0.6) is 0 Å². The summed E-state index contributed by atoms with van der Waals surface area (Å²) in [5.74, 6) is -0.241. The van der Waals surface area contributed by atoms with Gasteiger partial charge in [0.05, 0.1) is 29.3 Å². The second kappa shape index (κ2) is 8.10. The number of halogens is 1. The first-order chi connectivity index (χ1) is 13.3. The van der Waals surface area contributed by atoms with Gasteiger partial charge in [0.25, 0.3) is 0 Å². The second-order valence-corrected chi connectivity index (χ2v) is 7.32. The van der Waals surface area contributed by atoms with Crippen molar-refractivity contribution in [1.82, 2.24) is 24.9 Å². The van der Waals surface area contributed by atoms with Gasteiger partial charge in [-0.15, -0.1) is 0 Å². The SMILES string of the molecule is Cc1nn(C)c(C)c1CNC(=S)Nc1c(C)nn(Cc2ccc(F)cc2)c1C. The molecule has 0 bridgehead atoms. The van der Waals surface area contributed by atoms with Crippen LogP contribution in [0.3, 0.4) is 0 Å². The van der Waals surface area contributed by atoms with E-state index in [4.69, 9.17) is 12.2 Å². The molecule has 0 saturated carbocycles. The Labute approximate surface area is 169 Å². The van der Waals surface area contributed by atoms with Crippen molar-refractivity contribution >= 4 is 23.0 Å². The summed E-state index contributed by atoms with van der Waals surface area (Å²) in [7, 11) is 1.94. The average molecular weight is 401 g/mol. The lowest BCUT2D eigenvalue weighted by atomic mass is 10.2. The van der Waals surface area contributed by atoms with Crippen LogP contribution in [-0.2, 0) is 20.1 Å². The number of hydrogen-bond acceptors (Lipinski definition) is 3. The van der Waals surface area contributed by atoms with Gasteiger partial charge < -0.3 is 10.6 Å². The fourth-order valence-electron chi connectivity index (χ4n) is 3.19. The third kappa shape index (κ3) is 4.22. The van der Waals surface area contributed by atoms with Crippen LogP contribution in [0.2, 0.25) is 0 Å². The highest BCUT2D eigenvalue weighted by atomic mass is 32.1. The maximum absolute atomic E-state index is 13.1. The number of hydrogen-bond donors (Lipinski definition) is 2. The molecule has 2 N–H and O–H groups in total. The Morgan fingerprint density at radius 1 is 1.04 bits per heavy atom. The van der Waals surface area contributed by atoms with Gasteiger partial charge in [-0.2, -0.15) is 10.2 Å². The topological polar surface area (TPSA) is 59.7 Å². The second-order valence-electron chi connectivity index (χ2n) is 6.91. The number of aromatic nitrogens is 4. The highest BCUT2D eigenvalue weighted by molar-refractivity contribution is 7.80. The van der Waals surface area contributed by atoms with Gasteiger partial charge in [-0.05, 0) is 57.6 Å². The highest BCUT2D eigenvalue weighted by Gasteiger charge is 2.14. The van der Waals surface area contributed by atoms with Crippen LogP contribution in [0.15, 0.2) is 24.3 Å². The summed E-state index contributed by atoms with van der Waals surface area (Å²) >= 11 is 5.47. The van der Waals surface area contributed by atoms with Gasteiger partial charge in [-0.25, -0.2) is 4.39 Å². The van der Waals surface area contributed by atoms with Crippen LogP contribution < -0.4 is 10.6 Å². The molecule has 28 heavy (non-hydrogen) atoms. The molecule has 0 saturated heterocycles. The fourth-order valence-corrected chi connectivity index (χ4v) is 3.37. The Morgan fingerprint density at radius 3 is 2.32 bits per heavy atom. The summed E-state index contributed by atoms with van der Waals surface area (Å²) in [6, 6.07) is 6.45. The van der Waals surface area contributed by atoms with Gasteiger partial charge in [0.1, 0.15) is 5.82 Å². The van der Waals surface area contributed by atoms with Crippen LogP contribution in [0, 0.1) is 33.5 Å². The van der Waals surface area contributed by atoms with E-state index in [2.05, 4.69) is 20.8 Å². The predicted molar refractivity (Wildman–Crippen MR) is 113 cm³/mol. The summed E-state index contributed by atoms with van der Waals surface area (Å²) in [6.45, 7) is 9.15. The molecule has 0 amide bonds. The van der Waals surface area contributed by atoms with Gasteiger partial charge in [0, 0.05) is 24.8 Å². The lowest BCUT2D eigenvalue weighted by Crippen LogP contribution is -2.28. The lowest BCUT2D eigenvalue weighted by molar-refractivity contribution is 0.622. The molecule has 6 nitrogen and oxygen atoms in total. The molecule has 0 aliphatic heterocycles. The molecular weight excluding hydrogens is 375 g/mol. The van der Waals surface area contributed by atoms with Crippen molar-refractivity contribution in [2.75, 3.05) is 5.32 Å². The summed E-state index contributed by atoms with van der Waals surface area (Å²) in [6.07, 6.45) is 0. The molecule has 3 aromatic rings. The molecule has 1 aromatic carbocycles. The molecule has 2 aromatic heterocycles. The molecule has 0 radical (unpaired) electrons. The number of nitrogens with zero attached hydrogens (tertiary/aromatic N) is 4. The number of anilines is 1. The summed E-state index contributed by atoms with van der Waals surface area (Å²) in [5.41, 5.74) is 6.97. The van der Waals surface area contributed by atoms with Gasteiger partial charge in [-0.1, -0.05) is 12.1 Å². The van der Waals surface area contributed by atoms with E-state index in [0.717, 1.165) is 39.6 Å². The molecule has 2 heterocycles. The monoisotopic (exact) mass is 400 g/mol. The Balaban J connectivity index is 1.67. The summed E-state index contributed by atoms with van der Waals surface area (Å²) in [5, 5.41) is 16.1. The molecule has 3 rings (SSSR count). The van der Waals surface area contributed by atoms with Crippen LogP contribution >= 0.6 is 12.2 Å². The molecule has 0 aliphatic rings. The van der Waals surface area contributed by atoms with Gasteiger partial charge in [0.15, 0.2) is 5.11 Å². The minimum atomic E-state index is -0.241. The van der Waals surface area contributed by atoms with Gasteiger partial charge in [-0.3, -0.25) is 9.36 Å². The smallest absolute Gasteiger partial charge is 0.171 e. The van der Waals surface area contributed by atoms with E-state index in [1.807, 2.05) is 44.1 Å². The van der Waals surface area contributed by atoms with Crippen LogP contribution in [-0.4, -0.2) is 24.7 Å². The summed E-state index contributed by atoms with van der Waals surface area (Å²) < 4.78 is 16.9. The van der Waals surface area contributed by atoms with Crippen LogP contribution in [0.1, 0.15) is 33.9 Å². The molecule has 0 fully saturated rings. The zero-order valence-corrected chi connectivity index (χ0v) is 17.6. The van der Waals surface area contributed by atoms with Crippen molar-refractivity contribution in [2.24, 2.45) is 7.05 Å². The van der Waals surface area contributed by atoms with E-state index in [-0.39, 0.29) is 5.82 Å². The molecule has 8 heteroatoms. The minimum Gasteiger partial charge on any atom is -0.358 e. The zero-order valence-electron chi connectivity index (χ0n) is 16.8. The minimum absolute atomic E-state index is 0.241. The maximum atomic E-state index is 13.1. The Hall–Kier alpha value is -2.74. The first kappa shape index (κ1) is 20.0. The Morgan fingerprint density at radius 2 is 1.71 bits per heavy atom.